The van der Waals surface area contributed by atoms with Crippen LogP contribution in [0.1, 0.15) is 5.56 Å². The first kappa shape index (κ1) is 26.5. The SMILES string of the molecule is O=CN(c1ccc(Oc2cc(Cl)cc(Cl)c2)o1)c1nnc(-c2cccc(Oc3cccc(C(F)(F)F)c3)c2)s1. The van der Waals surface area contributed by atoms with Crippen molar-refractivity contribution < 1.29 is 31.9 Å². The molecule has 2 heterocycles. The first-order chi connectivity index (χ1) is 18.7. The van der Waals surface area contributed by atoms with Gasteiger partial charge in [-0.05, 0) is 48.5 Å². The number of benzene rings is 3. The van der Waals surface area contributed by atoms with Gasteiger partial charge in [0.05, 0.1) is 5.56 Å². The van der Waals surface area contributed by atoms with Gasteiger partial charge in [0.1, 0.15) is 22.3 Å². The number of carbonyl (C=O) groups excluding carboxylic acids is 1. The summed E-state index contributed by atoms with van der Waals surface area (Å²) in [6.07, 6.45) is -3.98. The Hall–Kier alpha value is -4.06. The average Bonchev–Trinajstić information content (AvgIpc) is 3.54. The second-order valence-corrected chi connectivity index (χ2v) is 9.65. The van der Waals surface area contributed by atoms with Crippen LogP contribution in [0.25, 0.3) is 10.6 Å². The van der Waals surface area contributed by atoms with E-state index in [0.717, 1.165) is 28.4 Å². The summed E-state index contributed by atoms with van der Waals surface area (Å²) in [5.74, 6) is 0.876. The van der Waals surface area contributed by atoms with Crippen LogP contribution in [0, 0.1) is 0 Å². The highest BCUT2D eigenvalue weighted by Gasteiger charge is 2.30. The van der Waals surface area contributed by atoms with Crippen LogP contribution in [0.5, 0.6) is 23.2 Å². The van der Waals surface area contributed by atoms with E-state index in [1.165, 1.54) is 24.3 Å². The fourth-order valence-corrected chi connectivity index (χ4v) is 4.70. The molecule has 0 N–H and O–H groups in total. The molecule has 0 aliphatic carbocycles. The Kier molecular flexibility index (Phi) is 7.47. The maximum Gasteiger partial charge on any atom is 0.416 e. The van der Waals surface area contributed by atoms with Crippen LogP contribution in [-0.2, 0) is 11.0 Å². The van der Waals surface area contributed by atoms with Gasteiger partial charge in [0.25, 0.3) is 5.95 Å². The third-order valence-corrected chi connectivity index (χ3v) is 6.47. The van der Waals surface area contributed by atoms with Crippen LogP contribution in [0.15, 0.2) is 83.3 Å². The van der Waals surface area contributed by atoms with E-state index in [4.69, 9.17) is 37.1 Å². The third-order valence-electron chi connectivity index (χ3n) is 5.06. The fourth-order valence-electron chi connectivity index (χ4n) is 3.38. The molecule has 0 atom stereocenters. The number of hydrogen-bond acceptors (Lipinski definition) is 7. The first-order valence-electron chi connectivity index (χ1n) is 11.0. The van der Waals surface area contributed by atoms with Gasteiger partial charge in [-0.25, -0.2) is 4.90 Å². The zero-order valence-electron chi connectivity index (χ0n) is 19.4. The van der Waals surface area contributed by atoms with Crippen molar-refractivity contribution in [1.82, 2.24) is 10.2 Å². The molecule has 0 unspecified atom stereocenters. The minimum atomic E-state index is -4.49. The number of carbonyl (C=O) groups is 1. The average molecular weight is 592 g/mol. The van der Waals surface area contributed by atoms with Crippen LogP contribution in [-0.4, -0.2) is 16.6 Å². The number of rotatable bonds is 8. The second kappa shape index (κ2) is 11.0. The van der Waals surface area contributed by atoms with Crippen molar-refractivity contribution in [3.63, 3.8) is 0 Å². The monoisotopic (exact) mass is 591 g/mol. The van der Waals surface area contributed by atoms with Crippen LogP contribution in [0.4, 0.5) is 24.2 Å². The molecule has 0 aliphatic heterocycles. The zero-order valence-corrected chi connectivity index (χ0v) is 21.7. The fraction of sp³-hybridized carbons (Fsp3) is 0.0385. The lowest BCUT2D eigenvalue weighted by Gasteiger charge is -2.10. The molecule has 7 nitrogen and oxygen atoms in total. The highest BCUT2D eigenvalue weighted by molar-refractivity contribution is 7.18. The lowest BCUT2D eigenvalue weighted by Crippen LogP contribution is -2.12. The predicted molar refractivity (Wildman–Crippen MR) is 140 cm³/mol. The van der Waals surface area contributed by atoms with Crippen molar-refractivity contribution in [2.45, 2.75) is 6.18 Å². The van der Waals surface area contributed by atoms with Crippen LogP contribution in [0.2, 0.25) is 10.0 Å². The lowest BCUT2D eigenvalue weighted by atomic mass is 10.2. The minimum Gasteiger partial charge on any atom is -0.457 e. The van der Waals surface area contributed by atoms with Gasteiger partial charge in [0, 0.05) is 27.7 Å². The van der Waals surface area contributed by atoms with Crippen molar-refractivity contribution in [3.05, 3.63) is 94.5 Å². The van der Waals surface area contributed by atoms with Gasteiger partial charge in [-0.2, -0.15) is 13.2 Å². The van der Waals surface area contributed by atoms with Crippen molar-refractivity contribution >= 4 is 52.0 Å². The lowest BCUT2D eigenvalue weighted by molar-refractivity contribution is -0.137. The maximum absolute atomic E-state index is 13.0. The van der Waals surface area contributed by atoms with Crippen molar-refractivity contribution in [1.29, 1.82) is 0 Å². The molecule has 39 heavy (non-hydrogen) atoms. The molecular formula is C26H14Cl2F3N3O4S. The number of halogens is 5. The number of aromatic nitrogens is 2. The molecule has 1 amide bonds. The molecule has 13 heteroatoms. The van der Waals surface area contributed by atoms with E-state index >= 15 is 0 Å². The smallest absolute Gasteiger partial charge is 0.416 e. The molecule has 0 spiro atoms. The number of amides is 1. The molecule has 0 saturated carbocycles. The molecular weight excluding hydrogens is 578 g/mol. The topological polar surface area (TPSA) is 77.7 Å². The Morgan fingerprint density at radius 2 is 1.56 bits per heavy atom. The number of nitrogens with zero attached hydrogens (tertiary/aromatic N) is 3. The molecule has 0 fully saturated rings. The first-order valence-corrected chi connectivity index (χ1v) is 12.5. The summed E-state index contributed by atoms with van der Waals surface area (Å²) in [5, 5.41) is 9.60. The van der Waals surface area contributed by atoms with E-state index in [0.29, 0.717) is 38.5 Å². The van der Waals surface area contributed by atoms with Crippen molar-refractivity contribution in [2.75, 3.05) is 4.90 Å². The van der Waals surface area contributed by atoms with Crippen LogP contribution < -0.4 is 14.4 Å². The molecule has 2 aromatic heterocycles. The Bertz CT molecular complexity index is 1620. The molecule has 5 aromatic rings. The Balaban J connectivity index is 1.33. The van der Waals surface area contributed by atoms with Crippen LogP contribution >= 0.6 is 34.5 Å². The summed E-state index contributed by atoms with van der Waals surface area (Å²) < 4.78 is 55.9. The van der Waals surface area contributed by atoms with E-state index in [1.54, 1.807) is 42.5 Å². The summed E-state index contributed by atoms with van der Waals surface area (Å²) in [6, 6.07) is 18.8. The molecule has 5 rings (SSSR count). The van der Waals surface area contributed by atoms with Gasteiger partial charge in [0.15, 0.2) is 0 Å². The van der Waals surface area contributed by atoms with Crippen molar-refractivity contribution in [3.8, 4) is 33.8 Å². The highest BCUT2D eigenvalue weighted by Crippen LogP contribution is 2.38. The number of furan rings is 1. The normalized spacial score (nSPS) is 11.3. The summed E-state index contributed by atoms with van der Waals surface area (Å²) in [6.45, 7) is 0. The number of alkyl halides is 3. The number of hydrogen-bond donors (Lipinski definition) is 0. The Morgan fingerprint density at radius 3 is 2.28 bits per heavy atom. The third kappa shape index (κ3) is 6.33. The quantitative estimate of drug-likeness (QED) is 0.167. The molecule has 0 aliphatic rings. The van der Waals surface area contributed by atoms with Crippen LogP contribution in [0.3, 0.4) is 0 Å². The van der Waals surface area contributed by atoms with E-state index < -0.39 is 11.7 Å². The maximum atomic E-state index is 13.0. The summed E-state index contributed by atoms with van der Waals surface area (Å²) in [5.41, 5.74) is -0.239. The molecule has 0 saturated heterocycles. The summed E-state index contributed by atoms with van der Waals surface area (Å²) in [4.78, 5) is 13.0. The van der Waals surface area contributed by atoms with Gasteiger partial charge < -0.3 is 13.9 Å². The van der Waals surface area contributed by atoms with Crippen molar-refractivity contribution in [2.24, 2.45) is 0 Å². The number of anilines is 2. The molecule has 0 radical (unpaired) electrons. The summed E-state index contributed by atoms with van der Waals surface area (Å²) in [7, 11) is 0. The van der Waals surface area contributed by atoms with Gasteiger partial charge in [-0.15, -0.1) is 10.2 Å². The molecule has 3 aromatic carbocycles. The number of ether oxygens (including phenoxy) is 2. The largest absolute Gasteiger partial charge is 0.457 e. The van der Waals surface area contributed by atoms with E-state index in [-0.39, 0.29) is 22.7 Å². The highest BCUT2D eigenvalue weighted by atomic mass is 35.5. The second-order valence-electron chi connectivity index (χ2n) is 7.82. The predicted octanol–water partition coefficient (Wildman–Crippen LogP) is 9.00. The molecule has 0 bridgehead atoms. The summed E-state index contributed by atoms with van der Waals surface area (Å²) >= 11 is 13.1. The van der Waals surface area contributed by atoms with E-state index in [9.17, 15) is 18.0 Å². The minimum absolute atomic E-state index is 0.0305. The Labute approximate surface area is 232 Å². The molecule has 198 valence electrons. The van der Waals surface area contributed by atoms with Gasteiger partial charge >= 0.3 is 6.18 Å². The van der Waals surface area contributed by atoms with Gasteiger partial charge in [0.2, 0.25) is 17.4 Å². The Morgan fingerprint density at radius 1 is 0.846 bits per heavy atom. The van der Waals surface area contributed by atoms with E-state index in [1.807, 2.05) is 0 Å². The standard InChI is InChI=1S/C26H14Cl2F3N3O4S/c27-17-11-18(28)13-21(12-17)37-23-8-7-22(38-23)34(14-35)25-33-32-24(39-25)15-3-1-5-19(9-15)36-20-6-2-4-16(10-20)26(29,30)31/h1-14H. The van der Waals surface area contributed by atoms with E-state index in [2.05, 4.69) is 10.2 Å². The zero-order chi connectivity index (χ0) is 27.6. The van der Waals surface area contributed by atoms with Gasteiger partial charge in [-0.3, -0.25) is 4.79 Å². The van der Waals surface area contributed by atoms with Gasteiger partial charge in [-0.1, -0.05) is 52.7 Å².